The van der Waals surface area contributed by atoms with E-state index in [0.717, 1.165) is 24.0 Å². The summed E-state index contributed by atoms with van der Waals surface area (Å²) in [5.74, 6) is -0.539. The van der Waals surface area contributed by atoms with E-state index in [4.69, 9.17) is 10.5 Å². The van der Waals surface area contributed by atoms with Crippen LogP contribution in [0, 0.1) is 0 Å². The Morgan fingerprint density at radius 3 is 1.95 bits per heavy atom. The van der Waals surface area contributed by atoms with Crippen LogP contribution < -0.4 is 5.73 Å². The van der Waals surface area contributed by atoms with Gasteiger partial charge in [-0.25, -0.2) is 0 Å². The predicted molar refractivity (Wildman–Crippen MR) is 88.6 cm³/mol. The Hall–Kier alpha value is -2.13. The van der Waals surface area contributed by atoms with Crippen LogP contribution in [0.4, 0.5) is 0 Å². The first-order valence-corrected chi connectivity index (χ1v) is 7.76. The maximum atomic E-state index is 12.3. The van der Waals surface area contributed by atoms with Crippen molar-refractivity contribution in [3.8, 4) is 0 Å². The number of unbranched alkanes of at least 4 members (excludes halogenated alkanes) is 1. The first-order chi connectivity index (χ1) is 10.7. The molecule has 116 valence electrons. The van der Waals surface area contributed by atoms with Gasteiger partial charge in [-0.3, -0.25) is 4.79 Å². The van der Waals surface area contributed by atoms with E-state index in [2.05, 4.69) is 6.92 Å². The second-order valence-electron chi connectivity index (χ2n) is 5.35. The first-order valence-electron chi connectivity index (χ1n) is 7.76. The summed E-state index contributed by atoms with van der Waals surface area (Å²) in [4.78, 5) is 12.3. The van der Waals surface area contributed by atoms with Crippen molar-refractivity contribution in [1.82, 2.24) is 0 Å². The number of benzene rings is 2. The topological polar surface area (TPSA) is 52.3 Å². The van der Waals surface area contributed by atoms with Gasteiger partial charge in [0.1, 0.15) is 6.04 Å². The summed E-state index contributed by atoms with van der Waals surface area (Å²) in [7, 11) is 0. The lowest BCUT2D eigenvalue weighted by Crippen LogP contribution is -2.38. The van der Waals surface area contributed by atoms with E-state index in [1.54, 1.807) is 0 Å². The van der Waals surface area contributed by atoms with Gasteiger partial charge in [0.2, 0.25) is 0 Å². The van der Waals surface area contributed by atoms with Crippen molar-refractivity contribution >= 4 is 5.97 Å². The minimum absolute atomic E-state index is 0.198. The number of hydrogen-bond donors (Lipinski definition) is 1. The molecule has 2 N–H and O–H groups in total. The van der Waals surface area contributed by atoms with Gasteiger partial charge < -0.3 is 10.5 Å². The summed E-state index contributed by atoms with van der Waals surface area (Å²) in [6, 6.07) is 19.0. The van der Waals surface area contributed by atoms with Crippen LogP contribution in [0.15, 0.2) is 60.7 Å². The van der Waals surface area contributed by atoms with E-state index in [9.17, 15) is 4.79 Å². The fourth-order valence-electron chi connectivity index (χ4n) is 2.48. The molecule has 0 aliphatic rings. The van der Waals surface area contributed by atoms with Crippen LogP contribution in [0.5, 0.6) is 0 Å². The quantitative estimate of drug-likeness (QED) is 0.628. The van der Waals surface area contributed by atoms with Crippen molar-refractivity contribution < 1.29 is 9.53 Å². The van der Waals surface area contributed by atoms with E-state index in [0.29, 0.717) is 6.61 Å². The van der Waals surface area contributed by atoms with Crippen molar-refractivity contribution in [2.24, 2.45) is 5.73 Å². The van der Waals surface area contributed by atoms with E-state index in [1.807, 2.05) is 60.7 Å². The van der Waals surface area contributed by atoms with E-state index < -0.39 is 6.04 Å². The Morgan fingerprint density at radius 2 is 1.50 bits per heavy atom. The Morgan fingerprint density at radius 1 is 1.00 bits per heavy atom. The van der Waals surface area contributed by atoms with Gasteiger partial charge in [-0.15, -0.1) is 0 Å². The largest absolute Gasteiger partial charge is 0.465 e. The van der Waals surface area contributed by atoms with Crippen molar-refractivity contribution in [3.05, 3.63) is 71.8 Å². The highest BCUT2D eigenvalue weighted by atomic mass is 16.5. The second kappa shape index (κ2) is 8.35. The molecule has 1 atom stereocenters. The number of ether oxygens (including phenoxy) is 1. The Kier molecular flexibility index (Phi) is 6.16. The monoisotopic (exact) mass is 297 g/mol. The molecule has 0 radical (unpaired) electrons. The Labute approximate surface area is 132 Å². The number of rotatable bonds is 7. The second-order valence-corrected chi connectivity index (χ2v) is 5.35. The van der Waals surface area contributed by atoms with E-state index in [1.165, 1.54) is 0 Å². The zero-order valence-corrected chi connectivity index (χ0v) is 12.9. The highest BCUT2D eigenvalue weighted by Crippen LogP contribution is 2.27. The van der Waals surface area contributed by atoms with Gasteiger partial charge in [-0.1, -0.05) is 74.0 Å². The molecule has 2 rings (SSSR count). The number of carbonyl (C=O) groups excluding carboxylic acids is 1. The van der Waals surface area contributed by atoms with E-state index >= 15 is 0 Å². The SMILES string of the molecule is CCCCOC(=O)[C@@H](N)C(c1ccccc1)c1ccccc1. The summed E-state index contributed by atoms with van der Waals surface area (Å²) in [5.41, 5.74) is 8.28. The van der Waals surface area contributed by atoms with Gasteiger partial charge in [0, 0.05) is 5.92 Å². The highest BCUT2D eigenvalue weighted by Gasteiger charge is 2.28. The fourth-order valence-corrected chi connectivity index (χ4v) is 2.48. The molecule has 0 aromatic heterocycles. The lowest BCUT2D eigenvalue weighted by molar-refractivity contribution is -0.145. The number of carbonyl (C=O) groups is 1. The van der Waals surface area contributed by atoms with E-state index in [-0.39, 0.29) is 11.9 Å². The van der Waals surface area contributed by atoms with Crippen LogP contribution in [-0.4, -0.2) is 18.6 Å². The molecule has 0 amide bonds. The molecule has 3 nitrogen and oxygen atoms in total. The van der Waals surface area contributed by atoms with Gasteiger partial charge >= 0.3 is 5.97 Å². The molecule has 0 aliphatic heterocycles. The molecule has 3 heteroatoms. The van der Waals surface area contributed by atoms with Crippen LogP contribution in [0.3, 0.4) is 0 Å². The molecule has 0 unspecified atom stereocenters. The Balaban J connectivity index is 2.23. The number of esters is 1. The first kappa shape index (κ1) is 16.2. The molecule has 0 spiro atoms. The smallest absolute Gasteiger partial charge is 0.323 e. The maximum absolute atomic E-state index is 12.3. The molecule has 0 fully saturated rings. The number of nitrogens with two attached hydrogens (primary N) is 1. The van der Waals surface area contributed by atoms with Crippen molar-refractivity contribution in [3.63, 3.8) is 0 Å². The van der Waals surface area contributed by atoms with Crippen LogP contribution in [0.1, 0.15) is 36.8 Å². The van der Waals surface area contributed by atoms with Crippen LogP contribution >= 0.6 is 0 Å². The average Bonchev–Trinajstić information content (AvgIpc) is 2.57. The van der Waals surface area contributed by atoms with Gasteiger partial charge in [-0.2, -0.15) is 0 Å². The molecule has 0 bridgehead atoms. The normalized spacial score (nSPS) is 12.1. The van der Waals surface area contributed by atoms with Gasteiger partial charge in [0.25, 0.3) is 0 Å². The molecule has 0 saturated carbocycles. The van der Waals surface area contributed by atoms with Gasteiger partial charge in [-0.05, 0) is 17.5 Å². The number of hydrogen-bond acceptors (Lipinski definition) is 3. The van der Waals surface area contributed by atoms with Gasteiger partial charge in [0.15, 0.2) is 0 Å². The summed E-state index contributed by atoms with van der Waals surface area (Å²) >= 11 is 0. The molecule has 0 heterocycles. The molecule has 22 heavy (non-hydrogen) atoms. The zero-order valence-electron chi connectivity index (χ0n) is 12.9. The maximum Gasteiger partial charge on any atom is 0.323 e. The molecular weight excluding hydrogens is 274 g/mol. The summed E-state index contributed by atoms with van der Waals surface area (Å²) in [6.45, 7) is 2.49. The minimum Gasteiger partial charge on any atom is -0.465 e. The molecule has 2 aromatic rings. The molecule has 0 aliphatic carbocycles. The van der Waals surface area contributed by atoms with Gasteiger partial charge in [0.05, 0.1) is 6.61 Å². The zero-order chi connectivity index (χ0) is 15.8. The lowest BCUT2D eigenvalue weighted by atomic mass is 9.85. The average molecular weight is 297 g/mol. The third kappa shape index (κ3) is 4.18. The molecular formula is C19H23NO2. The van der Waals surface area contributed by atoms with Crippen molar-refractivity contribution in [1.29, 1.82) is 0 Å². The Bertz CT molecular complexity index is 529. The fraction of sp³-hybridized carbons (Fsp3) is 0.316. The van der Waals surface area contributed by atoms with Crippen molar-refractivity contribution in [2.45, 2.75) is 31.7 Å². The predicted octanol–water partition coefficient (Wildman–Crippen LogP) is 3.49. The standard InChI is InChI=1S/C19H23NO2/c1-2-3-14-22-19(21)18(20)17(15-10-6-4-7-11-15)16-12-8-5-9-13-16/h4-13,17-18H,2-3,14,20H2,1H3/t18-/m0/s1. The summed E-state index contributed by atoms with van der Waals surface area (Å²) < 4.78 is 5.30. The van der Waals surface area contributed by atoms with Crippen LogP contribution in [0.25, 0.3) is 0 Å². The minimum atomic E-state index is -0.707. The summed E-state index contributed by atoms with van der Waals surface area (Å²) in [6.07, 6.45) is 1.85. The molecule has 0 saturated heterocycles. The van der Waals surface area contributed by atoms with Crippen molar-refractivity contribution in [2.75, 3.05) is 6.61 Å². The van der Waals surface area contributed by atoms with Crippen LogP contribution in [-0.2, 0) is 9.53 Å². The third-order valence-electron chi connectivity index (χ3n) is 3.69. The third-order valence-corrected chi connectivity index (χ3v) is 3.69. The highest BCUT2D eigenvalue weighted by molar-refractivity contribution is 5.77. The summed E-state index contributed by atoms with van der Waals surface area (Å²) in [5, 5.41) is 0. The molecule has 2 aromatic carbocycles. The lowest BCUT2D eigenvalue weighted by Gasteiger charge is -2.23. The van der Waals surface area contributed by atoms with Crippen LogP contribution in [0.2, 0.25) is 0 Å².